The van der Waals surface area contributed by atoms with Crippen LogP contribution in [0.1, 0.15) is 18.9 Å². The van der Waals surface area contributed by atoms with E-state index in [1.54, 1.807) is 0 Å². The van der Waals surface area contributed by atoms with E-state index in [2.05, 4.69) is 42.7 Å². The van der Waals surface area contributed by atoms with Gasteiger partial charge in [0.2, 0.25) is 0 Å². The minimum absolute atomic E-state index is 0.106. The third kappa shape index (κ3) is 6.02. The van der Waals surface area contributed by atoms with Crippen LogP contribution in [0.3, 0.4) is 0 Å². The van der Waals surface area contributed by atoms with Gasteiger partial charge < -0.3 is 4.90 Å². The normalized spacial score (nSPS) is 8.75. The molecule has 1 aromatic carbocycles. The fourth-order valence-electron chi connectivity index (χ4n) is 0.987. The summed E-state index contributed by atoms with van der Waals surface area (Å²) in [6.45, 7) is 7.19. The zero-order chi connectivity index (χ0) is 12.6. The first-order chi connectivity index (χ1) is 7.51. The average molecular weight is 219 g/mol. The Morgan fingerprint density at radius 3 is 2.06 bits per heavy atom. The van der Waals surface area contributed by atoms with Gasteiger partial charge >= 0.3 is 0 Å². The summed E-state index contributed by atoms with van der Waals surface area (Å²) in [5.41, 5.74) is 2.57. The number of aryl methyl sites for hydroxylation is 1. The topological polar surface area (TPSA) is 20.3 Å². The molecule has 0 spiro atoms. The summed E-state index contributed by atoms with van der Waals surface area (Å²) in [5.74, 6) is 0.106. The molecular formula is C14H21NO. The maximum absolute atomic E-state index is 10.1. The fourth-order valence-corrected chi connectivity index (χ4v) is 0.987. The zero-order valence-corrected chi connectivity index (χ0v) is 10.7. The molecule has 0 radical (unpaired) electrons. The van der Waals surface area contributed by atoms with Gasteiger partial charge in [0.1, 0.15) is 0 Å². The Bertz CT molecular complexity index is 325. The molecule has 0 aliphatic rings. The minimum Gasteiger partial charge on any atom is -0.378 e. The molecule has 0 fully saturated rings. The minimum atomic E-state index is 0.106. The van der Waals surface area contributed by atoms with Crippen LogP contribution >= 0.6 is 0 Å². The highest BCUT2D eigenvalue weighted by Crippen LogP contribution is 2.10. The van der Waals surface area contributed by atoms with Crippen LogP contribution in [0.5, 0.6) is 0 Å². The summed E-state index contributed by atoms with van der Waals surface area (Å²) in [7, 11) is 4.09. The van der Waals surface area contributed by atoms with Crippen molar-refractivity contribution in [3.8, 4) is 0 Å². The van der Waals surface area contributed by atoms with Crippen LogP contribution in [-0.4, -0.2) is 19.9 Å². The first-order valence-corrected chi connectivity index (χ1v) is 5.40. The van der Waals surface area contributed by atoms with E-state index in [0.29, 0.717) is 6.42 Å². The summed E-state index contributed by atoms with van der Waals surface area (Å²) in [5, 5.41) is 0. The van der Waals surface area contributed by atoms with Crippen LogP contribution in [0.15, 0.2) is 36.9 Å². The van der Waals surface area contributed by atoms with E-state index in [0.717, 1.165) is 0 Å². The van der Waals surface area contributed by atoms with Gasteiger partial charge in [-0.15, -0.1) is 0 Å². The molecule has 1 aromatic rings. The molecule has 88 valence electrons. The van der Waals surface area contributed by atoms with Crippen molar-refractivity contribution in [3.05, 3.63) is 42.5 Å². The Morgan fingerprint density at radius 2 is 1.81 bits per heavy atom. The molecule has 0 aliphatic heterocycles. The second-order valence-corrected chi connectivity index (χ2v) is 3.75. The Morgan fingerprint density at radius 1 is 1.31 bits per heavy atom. The van der Waals surface area contributed by atoms with Crippen LogP contribution in [0.25, 0.3) is 0 Å². The number of carbonyl (C=O) groups is 1. The molecule has 2 heteroatoms. The van der Waals surface area contributed by atoms with E-state index in [1.165, 1.54) is 17.3 Å². The molecule has 0 aromatic heterocycles. The molecule has 0 amide bonds. The predicted octanol–water partition coefficient (Wildman–Crippen LogP) is 3.21. The van der Waals surface area contributed by atoms with Crippen molar-refractivity contribution in [2.45, 2.75) is 20.3 Å². The van der Waals surface area contributed by atoms with Crippen LogP contribution < -0.4 is 4.90 Å². The summed E-state index contributed by atoms with van der Waals surface area (Å²) in [6, 6.07) is 8.48. The smallest absolute Gasteiger partial charge is 0.154 e. The lowest BCUT2D eigenvalue weighted by atomic mass is 10.2. The maximum Gasteiger partial charge on any atom is 0.154 e. The van der Waals surface area contributed by atoms with Gasteiger partial charge in [-0.1, -0.05) is 31.2 Å². The monoisotopic (exact) mass is 219 g/mol. The van der Waals surface area contributed by atoms with Gasteiger partial charge in [-0.2, -0.15) is 0 Å². The quantitative estimate of drug-likeness (QED) is 0.727. The summed E-state index contributed by atoms with van der Waals surface area (Å²) < 4.78 is 0. The van der Waals surface area contributed by atoms with E-state index in [4.69, 9.17) is 0 Å². The first-order valence-electron chi connectivity index (χ1n) is 5.40. The number of rotatable bonds is 3. The van der Waals surface area contributed by atoms with Crippen LogP contribution in [0.4, 0.5) is 5.69 Å². The molecule has 0 saturated carbocycles. The van der Waals surface area contributed by atoms with E-state index in [1.807, 2.05) is 21.0 Å². The highest BCUT2D eigenvalue weighted by molar-refractivity contribution is 5.88. The third-order valence-corrected chi connectivity index (χ3v) is 2.13. The molecule has 0 atom stereocenters. The number of nitrogens with zero attached hydrogens (tertiary/aromatic N) is 1. The lowest BCUT2D eigenvalue weighted by Crippen LogP contribution is -2.07. The number of benzene rings is 1. The Hall–Kier alpha value is -1.57. The predicted molar refractivity (Wildman–Crippen MR) is 71.0 cm³/mol. The van der Waals surface area contributed by atoms with Gasteiger partial charge in [0.25, 0.3) is 0 Å². The van der Waals surface area contributed by atoms with Crippen LogP contribution in [-0.2, 0) is 4.79 Å². The van der Waals surface area contributed by atoms with Crippen molar-refractivity contribution in [2.75, 3.05) is 19.0 Å². The molecule has 0 saturated heterocycles. The van der Waals surface area contributed by atoms with E-state index in [-0.39, 0.29) is 5.78 Å². The number of ketones is 1. The Balaban J connectivity index is 0.000000325. The molecule has 2 nitrogen and oxygen atoms in total. The van der Waals surface area contributed by atoms with Crippen molar-refractivity contribution < 1.29 is 4.79 Å². The number of hydrogen-bond donors (Lipinski definition) is 0. The van der Waals surface area contributed by atoms with Gasteiger partial charge in [0, 0.05) is 26.2 Å². The van der Waals surface area contributed by atoms with Crippen LogP contribution in [0.2, 0.25) is 0 Å². The molecular weight excluding hydrogens is 198 g/mol. The fraction of sp³-hybridized carbons (Fsp3) is 0.357. The van der Waals surface area contributed by atoms with E-state index >= 15 is 0 Å². The van der Waals surface area contributed by atoms with Crippen molar-refractivity contribution in [1.82, 2.24) is 0 Å². The number of allylic oxidation sites excluding steroid dienone is 1. The van der Waals surface area contributed by atoms with Gasteiger partial charge in [-0.25, -0.2) is 0 Å². The molecule has 0 unspecified atom stereocenters. The Labute approximate surface area is 98.6 Å². The Kier molecular flexibility index (Phi) is 6.93. The van der Waals surface area contributed by atoms with Crippen molar-refractivity contribution in [1.29, 1.82) is 0 Å². The van der Waals surface area contributed by atoms with Crippen molar-refractivity contribution >= 4 is 11.5 Å². The van der Waals surface area contributed by atoms with Gasteiger partial charge in [-0.05, 0) is 25.1 Å². The molecule has 0 bridgehead atoms. The van der Waals surface area contributed by atoms with Crippen molar-refractivity contribution in [2.24, 2.45) is 0 Å². The summed E-state index contributed by atoms with van der Waals surface area (Å²) in [4.78, 5) is 12.2. The maximum atomic E-state index is 10.1. The molecule has 16 heavy (non-hydrogen) atoms. The molecule has 1 rings (SSSR count). The van der Waals surface area contributed by atoms with E-state index < -0.39 is 0 Å². The largest absolute Gasteiger partial charge is 0.378 e. The summed E-state index contributed by atoms with van der Waals surface area (Å²) in [6.07, 6.45) is 1.91. The molecule has 0 heterocycles. The van der Waals surface area contributed by atoms with Gasteiger partial charge in [0.15, 0.2) is 5.78 Å². The van der Waals surface area contributed by atoms with Gasteiger partial charge in [-0.3, -0.25) is 4.79 Å². The molecule has 0 N–H and O–H groups in total. The SMILES string of the molecule is C=CC(=O)CC.Cc1ccc(N(C)C)cc1. The van der Waals surface area contributed by atoms with Crippen molar-refractivity contribution in [3.63, 3.8) is 0 Å². The standard InChI is InChI=1S/C9H13N.C5H8O/c1-8-4-6-9(7-5-8)10(2)3;1-3-5(6)4-2/h4-7H,1-3H3;3H,1,4H2,2H3. The molecule has 0 aliphatic carbocycles. The van der Waals surface area contributed by atoms with Gasteiger partial charge in [0.05, 0.1) is 0 Å². The zero-order valence-electron chi connectivity index (χ0n) is 10.7. The number of carbonyl (C=O) groups excluding carboxylic acids is 1. The van der Waals surface area contributed by atoms with E-state index in [9.17, 15) is 4.79 Å². The average Bonchev–Trinajstić information content (AvgIpc) is 2.29. The highest BCUT2D eigenvalue weighted by Gasteiger charge is 1.90. The van der Waals surface area contributed by atoms with Crippen LogP contribution in [0, 0.1) is 6.92 Å². The number of anilines is 1. The lowest BCUT2D eigenvalue weighted by molar-refractivity contribution is -0.114. The lowest BCUT2D eigenvalue weighted by Gasteiger charge is -2.11. The first kappa shape index (κ1) is 14.4. The third-order valence-electron chi connectivity index (χ3n) is 2.13. The highest BCUT2D eigenvalue weighted by atomic mass is 16.1. The number of hydrogen-bond acceptors (Lipinski definition) is 2. The summed E-state index contributed by atoms with van der Waals surface area (Å²) >= 11 is 0. The second kappa shape index (κ2) is 7.69. The second-order valence-electron chi connectivity index (χ2n) is 3.75.